The molecule has 0 saturated heterocycles. The highest BCUT2D eigenvalue weighted by Crippen LogP contribution is 2.12. The van der Waals surface area contributed by atoms with Crippen LogP contribution in [0.3, 0.4) is 0 Å². The van der Waals surface area contributed by atoms with Crippen LogP contribution in [0.2, 0.25) is 0 Å². The number of imide groups is 1. The third kappa shape index (κ3) is 10.1. The Hall–Kier alpha value is -2.77. The molecule has 5 N–H and O–H groups in total. The van der Waals surface area contributed by atoms with Gasteiger partial charge in [-0.15, -0.1) is 0 Å². The molecule has 1 rings (SSSR count). The van der Waals surface area contributed by atoms with Gasteiger partial charge in [0.2, 0.25) is 5.91 Å². The average molecular weight is 311 g/mol. The summed E-state index contributed by atoms with van der Waals surface area (Å²) in [5.74, 6) is 0.554. The van der Waals surface area contributed by atoms with Crippen LogP contribution in [0.25, 0.3) is 0 Å². The number of benzene rings is 1. The van der Waals surface area contributed by atoms with Gasteiger partial charge in [0.25, 0.3) is 0 Å². The fourth-order valence-electron chi connectivity index (χ4n) is 1.33. The molecule has 0 aliphatic heterocycles. The number of nitrogens with one attached hydrogen (secondary N) is 1. The van der Waals surface area contributed by atoms with E-state index in [0.717, 1.165) is 11.3 Å². The standard InChI is InChI=1S/C10H13NO2.C4H8N2O3/c1-13-9-5-2-8(3-6-9)4-7-10(11)12;1-2-9-4(8)6-3(5)7/h2-3,5-6H,4,7H2,1H3,(H2,11,12);2H2,1H3,(H3,5,6,7,8). The maximum atomic E-state index is 10.5. The molecule has 0 radical (unpaired) electrons. The molecule has 0 heterocycles. The minimum atomic E-state index is -0.909. The number of amides is 4. The largest absolute Gasteiger partial charge is 0.497 e. The Balaban J connectivity index is 0.000000433. The smallest absolute Gasteiger partial charge is 0.415 e. The number of ether oxygens (including phenoxy) is 2. The van der Waals surface area contributed by atoms with Crippen molar-refractivity contribution >= 4 is 18.0 Å². The summed E-state index contributed by atoms with van der Waals surface area (Å²) in [5, 5.41) is 1.72. The molecule has 0 spiro atoms. The summed E-state index contributed by atoms with van der Waals surface area (Å²) in [5.41, 5.74) is 10.7. The average Bonchev–Trinajstić information content (AvgIpc) is 2.45. The van der Waals surface area contributed by atoms with Crippen LogP contribution in [0, 0.1) is 0 Å². The minimum Gasteiger partial charge on any atom is -0.497 e. The second-order valence-electron chi connectivity index (χ2n) is 4.02. The van der Waals surface area contributed by atoms with E-state index in [2.05, 4.69) is 10.5 Å². The lowest BCUT2D eigenvalue weighted by atomic mass is 10.1. The number of rotatable bonds is 5. The van der Waals surface area contributed by atoms with Gasteiger partial charge in [-0.3, -0.25) is 4.79 Å². The van der Waals surface area contributed by atoms with Crippen molar-refractivity contribution in [1.82, 2.24) is 5.32 Å². The summed E-state index contributed by atoms with van der Waals surface area (Å²) in [7, 11) is 1.62. The lowest BCUT2D eigenvalue weighted by Crippen LogP contribution is -2.35. The molecule has 4 amide bonds. The van der Waals surface area contributed by atoms with Crippen molar-refractivity contribution in [3.63, 3.8) is 0 Å². The number of nitrogens with two attached hydrogens (primary N) is 2. The first kappa shape index (κ1) is 19.2. The first-order valence-corrected chi connectivity index (χ1v) is 6.53. The van der Waals surface area contributed by atoms with Crippen LogP contribution >= 0.6 is 0 Å². The van der Waals surface area contributed by atoms with Gasteiger partial charge in [-0.05, 0) is 31.0 Å². The summed E-state index contributed by atoms with van der Waals surface area (Å²) >= 11 is 0. The Kier molecular flexibility index (Phi) is 9.57. The van der Waals surface area contributed by atoms with E-state index in [-0.39, 0.29) is 12.5 Å². The number of alkyl carbamates (subject to hydrolysis) is 1. The van der Waals surface area contributed by atoms with Crippen LogP contribution in [-0.4, -0.2) is 31.7 Å². The van der Waals surface area contributed by atoms with Crippen molar-refractivity contribution in [1.29, 1.82) is 0 Å². The predicted molar refractivity (Wildman–Crippen MR) is 80.3 cm³/mol. The molecule has 8 heteroatoms. The van der Waals surface area contributed by atoms with Gasteiger partial charge >= 0.3 is 12.1 Å². The molecule has 0 fully saturated rings. The van der Waals surface area contributed by atoms with Crippen molar-refractivity contribution in [2.24, 2.45) is 11.5 Å². The van der Waals surface area contributed by atoms with Crippen LogP contribution in [0.15, 0.2) is 24.3 Å². The van der Waals surface area contributed by atoms with Crippen molar-refractivity contribution in [2.45, 2.75) is 19.8 Å². The van der Waals surface area contributed by atoms with Gasteiger partial charge in [-0.2, -0.15) is 0 Å². The normalized spacial score (nSPS) is 9.00. The Bertz CT molecular complexity index is 488. The third-order valence-electron chi connectivity index (χ3n) is 2.32. The van der Waals surface area contributed by atoms with Crippen LogP contribution in [0.4, 0.5) is 9.59 Å². The lowest BCUT2D eigenvalue weighted by Gasteiger charge is -2.01. The van der Waals surface area contributed by atoms with Gasteiger partial charge in [0.1, 0.15) is 5.75 Å². The number of urea groups is 1. The Morgan fingerprint density at radius 2 is 1.73 bits per heavy atom. The SMILES string of the molecule is CCOC(=O)NC(N)=O.COc1ccc(CCC(N)=O)cc1. The third-order valence-corrected chi connectivity index (χ3v) is 2.32. The van der Waals surface area contributed by atoms with Crippen LogP contribution in [-0.2, 0) is 16.0 Å². The van der Waals surface area contributed by atoms with E-state index in [1.165, 1.54) is 0 Å². The molecular formula is C14H21N3O5. The first-order valence-electron chi connectivity index (χ1n) is 6.53. The molecule has 0 unspecified atom stereocenters. The minimum absolute atomic E-state index is 0.221. The molecule has 8 nitrogen and oxygen atoms in total. The zero-order valence-corrected chi connectivity index (χ0v) is 12.6. The van der Waals surface area contributed by atoms with E-state index in [1.807, 2.05) is 24.3 Å². The molecule has 0 atom stereocenters. The lowest BCUT2D eigenvalue weighted by molar-refractivity contribution is -0.117. The number of methoxy groups -OCH3 is 1. The Labute approximate surface area is 128 Å². The summed E-state index contributed by atoms with van der Waals surface area (Å²) < 4.78 is 9.30. The monoisotopic (exact) mass is 311 g/mol. The molecule has 0 saturated carbocycles. The second kappa shape index (κ2) is 11.0. The van der Waals surface area contributed by atoms with E-state index >= 15 is 0 Å². The van der Waals surface area contributed by atoms with Gasteiger partial charge in [-0.25, -0.2) is 14.9 Å². The molecule has 22 heavy (non-hydrogen) atoms. The van der Waals surface area contributed by atoms with Gasteiger partial charge in [0.15, 0.2) is 0 Å². The van der Waals surface area contributed by atoms with Crippen LogP contribution in [0.1, 0.15) is 18.9 Å². The number of hydrogen-bond donors (Lipinski definition) is 3. The van der Waals surface area contributed by atoms with Crippen LogP contribution in [0.5, 0.6) is 5.75 Å². The summed E-state index contributed by atoms with van der Waals surface area (Å²) in [4.78, 5) is 30.6. The highest BCUT2D eigenvalue weighted by Gasteiger charge is 2.01. The molecule has 1 aromatic rings. The van der Waals surface area contributed by atoms with E-state index in [4.69, 9.17) is 10.5 Å². The fraction of sp³-hybridized carbons (Fsp3) is 0.357. The summed E-state index contributed by atoms with van der Waals surface area (Å²) in [6.45, 7) is 1.85. The zero-order valence-electron chi connectivity index (χ0n) is 12.6. The van der Waals surface area contributed by atoms with E-state index in [1.54, 1.807) is 19.4 Å². The van der Waals surface area contributed by atoms with Gasteiger partial charge in [0.05, 0.1) is 13.7 Å². The van der Waals surface area contributed by atoms with E-state index in [0.29, 0.717) is 12.8 Å². The molecular weight excluding hydrogens is 290 g/mol. The molecule has 122 valence electrons. The van der Waals surface area contributed by atoms with E-state index in [9.17, 15) is 14.4 Å². The number of aryl methyl sites for hydroxylation is 1. The van der Waals surface area contributed by atoms with Crippen molar-refractivity contribution < 1.29 is 23.9 Å². The fourth-order valence-corrected chi connectivity index (χ4v) is 1.33. The molecule has 0 bridgehead atoms. The highest BCUT2D eigenvalue weighted by atomic mass is 16.5. The molecule has 0 aromatic heterocycles. The number of carbonyl (C=O) groups is 3. The molecule has 1 aromatic carbocycles. The van der Waals surface area contributed by atoms with E-state index < -0.39 is 12.1 Å². The van der Waals surface area contributed by atoms with Crippen molar-refractivity contribution in [3.05, 3.63) is 29.8 Å². The Morgan fingerprint density at radius 1 is 1.14 bits per heavy atom. The molecule has 0 aliphatic carbocycles. The Morgan fingerprint density at radius 3 is 2.14 bits per heavy atom. The number of primary amides is 2. The van der Waals surface area contributed by atoms with Crippen LogP contribution < -0.4 is 21.5 Å². The van der Waals surface area contributed by atoms with Crippen molar-refractivity contribution in [2.75, 3.05) is 13.7 Å². The van der Waals surface area contributed by atoms with Crippen molar-refractivity contribution in [3.8, 4) is 5.75 Å². The van der Waals surface area contributed by atoms with Gasteiger partial charge in [-0.1, -0.05) is 12.1 Å². The highest BCUT2D eigenvalue weighted by molar-refractivity contribution is 5.89. The second-order valence-corrected chi connectivity index (χ2v) is 4.02. The summed E-state index contributed by atoms with van der Waals surface area (Å²) in [6.07, 6.45) is 0.274. The number of hydrogen-bond acceptors (Lipinski definition) is 5. The number of carbonyl (C=O) groups excluding carboxylic acids is 3. The maximum absolute atomic E-state index is 10.5. The van der Waals surface area contributed by atoms with Gasteiger partial charge in [0, 0.05) is 6.42 Å². The predicted octanol–water partition coefficient (Wildman–Crippen LogP) is 0.924. The van der Waals surface area contributed by atoms with Gasteiger partial charge < -0.3 is 20.9 Å². The zero-order chi connectivity index (χ0) is 17.0. The topological polar surface area (TPSA) is 134 Å². The maximum Gasteiger partial charge on any atom is 0.415 e. The molecule has 0 aliphatic rings. The first-order chi connectivity index (χ1) is 10.4. The summed E-state index contributed by atoms with van der Waals surface area (Å²) in [6, 6.07) is 6.70. The quantitative estimate of drug-likeness (QED) is 0.743.